The number of rotatable bonds is 5. The van der Waals surface area contributed by atoms with Gasteiger partial charge in [0.1, 0.15) is 6.04 Å². The van der Waals surface area contributed by atoms with E-state index in [1.54, 1.807) is 6.92 Å². The maximum atomic E-state index is 12.3. The number of carbonyl (C=O) groups is 2. The lowest BCUT2D eigenvalue weighted by atomic mass is 9.96. The second-order valence-corrected chi connectivity index (χ2v) is 7.76. The second kappa shape index (κ2) is 9.62. The van der Waals surface area contributed by atoms with Gasteiger partial charge in [-0.15, -0.1) is 0 Å². The van der Waals surface area contributed by atoms with Gasteiger partial charge in [-0.2, -0.15) is 0 Å². The summed E-state index contributed by atoms with van der Waals surface area (Å²) in [6.07, 6.45) is 9.33. The molecule has 148 valence electrons. The summed E-state index contributed by atoms with van der Waals surface area (Å²) in [7, 11) is 0. The van der Waals surface area contributed by atoms with E-state index in [0.29, 0.717) is 0 Å². The van der Waals surface area contributed by atoms with Crippen molar-refractivity contribution < 1.29 is 9.59 Å². The molecule has 2 fully saturated rings. The molecular formula is C21H32N4O2. The molecule has 3 amide bonds. The number of piperidine rings is 1. The Kier molecular flexibility index (Phi) is 6.96. The van der Waals surface area contributed by atoms with Crippen LogP contribution in [0.4, 0.5) is 16.2 Å². The van der Waals surface area contributed by atoms with E-state index in [1.807, 2.05) is 12.1 Å². The third kappa shape index (κ3) is 5.88. The van der Waals surface area contributed by atoms with Crippen molar-refractivity contribution in [3.05, 3.63) is 24.3 Å². The van der Waals surface area contributed by atoms with Crippen molar-refractivity contribution in [1.29, 1.82) is 0 Å². The number of nitrogens with zero attached hydrogens (tertiary/aromatic N) is 1. The number of anilines is 2. The molecular weight excluding hydrogens is 340 g/mol. The van der Waals surface area contributed by atoms with Crippen molar-refractivity contribution in [2.75, 3.05) is 23.3 Å². The summed E-state index contributed by atoms with van der Waals surface area (Å²) in [6.45, 7) is 3.99. The van der Waals surface area contributed by atoms with E-state index in [-0.39, 0.29) is 18.0 Å². The average molecular weight is 373 g/mol. The number of carbonyl (C=O) groups excluding carboxylic acids is 2. The highest BCUT2D eigenvalue weighted by molar-refractivity contribution is 5.98. The summed E-state index contributed by atoms with van der Waals surface area (Å²) < 4.78 is 0. The zero-order valence-electron chi connectivity index (χ0n) is 16.3. The third-order valence-electron chi connectivity index (χ3n) is 5.54. The summed E-state index contributed by atoms with van der Waals surface area (Å²) in [6, 6.07) is 7.49. The fraction of sp³-hybridized carbons (Fsp3) is 0.619. The van der Waals surface area contributed by atoms with Crippen LogP contribution in [0.25, 0.3) is 0 Å². The number of imide groups is 1. The van der Waals surface area contributed by atoms with Crippen LogP contribution < -0.4 is 20.9 Å². The Labute approximate surface area is 162 Å². The highest BCUT2D eigenvalue weighted by Crippen LogP contribution is 2.22. The van der Waals surface area contributed by atoms with Gasteiger partial charge in [-0.1, -0.05) is 19.3 Å². The molecule has 0 radical (unpaired) electrons. The number of amides is 3. The monoisotopic (exact) mass is 372 g/mol. The van der Waals surface area contributed by atoms with E-state index in [1.165, 1.54) is 31.4 Å². The van der Waals surface area contributed by atoms with E-state index in [4.69, 9.17) is 0 Å². The summed E-state index contributed by atoms with van der Waals surface area (Å²) in [4.78, 5) is 26.7. The molecule has 1 aliphatic carbocycles. The molecule has 1 aromatic rings. The zero-order chi connectivity index (χ0) is 19.1. The Morgan fingerprint density at radius 3 is 2.26 bits per heavy atom. The van der Waals surface area contributed by atoms with E-state index in [9.17, 15) is 9.59 Å². The molecule has 1 aromatic carbocycles. The molecule has 27 heavy (non-hydrogen) atoms. The predicted octanol–water partition coefficient (Wildman–Crippen LogP) is 3.64. The Morgan fingerprint density at radius 2 is 1.59 bits per heavy atom. The Hall–Kier alpha value is -2.24. The number of hydrogen-bond acceptors (Lipinski definition) is 4. The van der Waals surface area contributed by atoms with Crippen LogP contribution in [0.1, 0.15) is 58.3 Å². The van der Waals surface area contributed by atoms with E-state index >= 15 is 0 Å². The molecule has 3 N–H and O–H groups in total. The number of hydrogen-bond donors (Lipinski definition) is 3. The number of benzene rings is 1. The van der Waals surface area contributed by atoms with Crippen molar-refractivity contribution >= 4 is 23.3 Å². The first-order valence-corrected chi connectivity index (χ1v) is 10.3. The lowest BCUT2D eigenvalue weighted by molar-refractivity contribution is -0.120. The van der Waals surface area contributed by atoms with E-state index < -0.39 is 6.04 Å². The fourth-order valence-electron chi connectivity index (χ4n) is 3.92. The van der Waals surface area contributed by atoms with Crippen LogP contribution in [-0.2, 0) is 4.79 Å². The highest BCUT2D eigenvalue weighted by atomic mass is 16.2. The minimum atomic E-state index is -0.483. The Bertz CT molecular complexity index is 620. The summed E-state index contributed by atoms with van der Waals surface area (Å²) in [5, 5.41) is 8.53. The van der Waals surface area contributed by atoms with Crippen LogP contribution >= 0.6 is 0 Å². The molecule has 1 saturated carbocycles. The molecule has 3 rings (SSSR count). The first-order chi connectivity index (χ1) is 13.1. The van der Waals surface area contributed by atoms with Crippen molar-refractivity contribution in [1.82, 2.24) is 10.6 Å². The third-order valence-corrected chi connectivity index (χ3v) is 5.54. The van der Waals surface area contributed by atoms with Crippen LogP contribution in [-0.4, -0.2) is 37.1 Å². The minimum absolute atomic E-state index is 0.192. The van der Waals surface area contributed by atoms with Gasteiger partial charge in [0.2, 0.25) is 5.91 Å². The van der Waals surface area contributed by atoms with Gasteiger partial charge in [-0.25, -0.2) is 4.79 Å². The first-order valence-electron chi connectivity index (χ1n) is 10.3. The summed E-state index contributed by atoms with van der Waals surface area (Å²) in [5.41, 5.74) is 2.11. The van der Waals surface area contributed by atoms with Gasteiger partial charge >= 0.3 is 6.03 Å². The molecule has 1 saturated heterocycles. The zero-order valence-corrected chi connectivity index (χ0v) is 16.3. The Balaban J connectivity index is 1.45. The molecule has 0 bridgehead atoms. The lowest BCUT2D eigenvalue weighted by Crippen LogP contribution is -2.49. The van der Waals surface area contributed by atoms with Crippen molar-refractivity contribution in [3.8, 4) is 0 Å². The molecule has 0 aromatic heterocycles. The van der Waals surface area contributed by atoms with Crippen LogP contribution in [0.3, 0.4) is 0 Å². The minimum Gasteiger partial charge on any atom is -0.374 e. The van der Waals surface area contributed by atoms with Gasteiger partial charge in [0.25, 0.3) is 0 Å². The first kappa shape index (κ1) is 19.5. The lowest BCUT2D eigenvalue weighted by Gasteiger charge is -2.29. The van der Waals surface area contributed by atoms with Crippen molar-refractivity contribution in [2.24, 2.45) is 0 Å². The smallest absolute Gasteiger partial charge is 0.321 e. The molecule has 1 aliphatic heterocycles. The van der Waals surface area contributed by atoms with Crippen LogP contribution in [0, 0.1) is 0 Å². The van der Waals surface area contributed by atoms with Gasteiger partial charge < -0.3 is 15.5 Å². The average Bonchev–Trinajstić information content (AvgIpc) is 2.70. The molecule has 1 heterocycles. The molecule has 6 heteroatoms. The standard InChI is InChI=1S/C21H32N4O2/c1-16(20(26)24-21(27)23-17-8-4-2-5-9-17)22-18-10-12-19(13-11-18)25-14-6-3-7-15-25/h10-13,16-17,22H,2-9,14-15H2,1H3,(H2,23,24,26,27). The van der Waals surface area contributed by atoms with Crippen LogP contribution in [0.5, 0.6) is 0 Å². The molecule has 0 spiro atoms. The maximum absolute atomic E-state index is 12.3. The van der Waals surface area contributed by atoms with Gasteiger partial charge in [0.15, 0.2) is 0 Å². The topological polar surface area (TPSA) is 73.5 Å². The maximum Gasteiger partial charge on any atom is 0.321 e. The van der Waals surface area contributed by atoms with E-state index in [2.05, 4.69) is 33.0 Å². The van der Waals surface area contributed by atoms with E-state index in [0.717, 1.165) is 44.5 Å². The largest absolute Gasteiger partial charge is 0.374 e. The van der Waals surface area contributed by atoms with Crippen LogP contribution in [0.15, 0.2) is 24.3 Å². The Morgan fingerprint density at radius 1 is 0.963 bits per heavy atom. The second-order valence-electron chi connectivity index (χ2n) is 7.76. The van der Waals surface area contributed by atoms with Gasteiger partial charge in [0.05, 0.1) is 0 Å². The fourth-order valence-corrected chi connectivity index (χ4v) is 3.92. The van der Waals surface area contributed by atoms with Gasteiger partial charge in [0, 0.05) is 30.5 Å². The molecule has 1 unspecified atom stereocenters. The normalized spacial score (nSPS) is 19.2. The SMILES string of the molecule is CC(Nc1ccc(N2CCCCC2)cc1)C(=O)NC(=O)NC1CCCCC1. The highest BCUT2D eigenvalue weighted by Gasteiger charge is 2.19. The van der Waals surface area contributed by atoms with Crippen molar-refractivity contribution in [2.45, 2.75) is 70.4 Å². The predicted molar refractivity (Wildman–Crippen MR) is 109 cm³/mol. The molecule has 1 atom stereocenters. The number of nitrogens with one attached hydrogen (secondary N) is 3. The number of urea groups is 1. The quantitative estimate of drug-likeness (QED) is 0.738. The van der Waals surface area contributed by atoms with Crippen LogP contribution in [0.2, 0.25) is 0 Å². The van der Waals surface area contributed by atoms with Gasteiger partial charge in [-0.05, 0) is 63.3 Å². The summed E-state index contributed by atoms with van der Waals surface area (Å²) >= 11 is 0. The molecule has 2 aliphatic rings. The van der Waals surface area contributed by atoms with Crippen molar-refractivity contribution in [3.63, 3.8) is 0 Å². The molecule has 6 nitrogen and oxygen atoms in total. The van der Waals surface area contributed by atoms with Gasteiger partial charge in [-0.3, -0.25) is 10.1 Å². The summed E-state index contributed by atoms with van der Waals surface area (Å²) in [5.74, 6) is -0.316.